The van der Waals surface area contributed by atoms with Crippen LogP contribution in [-0.4, -0.2) is 24.3 Å². The maximum Gasteiger partial charge on any atom is 0.287 e. The van der Waals surface area contributed by atoms with Gasteiger partial charge in [-0.1, -0.05) is 20.8 Å². The summed E-state index contributed by atoms with van der Waals surface area (Å²) in [5.41, 5.74) is 2.02. The van der Waals surface area contributed by atoms with Crippen molar-refractivity contribution >= 4 is 14.0 Å². The molecule has 1 aromatic heterocycles. The van der Waals surface area contributed by atoms with Gasteiger partial charge in [-0.2, -0.15) is 0 Å². The van der Waals surface area contributed by atoms with E-state index in [1.165, 1.54) is 6.20 Å². The first kappa shape index (κ1) is 16.1. The quantitative estimate of drug-likeness (QED) is 0.483. The van der Waals surface area contributed by atoms with Gasteiger partial charge in [-0.05, 0) is 43.0 Å². The molecule has 0 amide bonds. The minimum absolute atomic E-state index is 0.0710. The Labute approximate surface area is 127 Å². The molecule has 6 heteroatoms. The number of nitrogens with zero attached hydrogens (tertiary/aromatic N) is 2. The molecule has 0 aromatic carbocycles. The highest BCUT2D eigenvalue weighted by Gasteiger charge is 2.39. The molecule has 1 unspecified atom stereocenters. The number of pyridine rings is 1. The molecule has 5 nitrogen and oxygen atoms in total. The van der Waals surface area contributed by atoms with Gasteiger partial charge in [0.2, 0.25) is 0 Å². The molecule has 1 heterocycles. The van der Waals surface area contributed by atoms with E-state index in [2.05, 4.69) is 38.8 Å². The van der Waals surface area contributed by atoms with Gasteiger partial charge in [0.05, 0.1) is 4.92 Å². The van der Waals surface area contributed by atoms with E-state index >= 15 is 0 Å². The van der Waals surface area contributed by atoms with E-state index in [0.717, 1.165) is 30.5 Å². The van der Waals surface area contributed by atoms with E-state index < -0.39 is 8.32 Å². The summed E-state index contributed by atoms with van der Waals surface area (Å²) >= 11 is 0. The summed E-state index contributed by atoms with van der Waals surface area (Å²) in [5, 5.41) is 11.0. The third-order valence-corrected chi connectivity index (χ3v) is 9.21. The van der Waals surface area contributed by atoms with E-state index in [1.807, 2.05) is 0 Å². The summed E-state index contributed by atoms with van der Waals surface area (Å²) in [6.07, 6.45) is 4.03. The fourth-order valence-corrected chi connectivity index (χ4v) is 3.75. The van der Waals surface area contributed by atoms with Crippen molar-refractivity contribution in [2.24, 2.45) is 0 Å². The van der Waals surface area contributed by atoms with Crippen LogP contribution in [0, 0.1) is 10.1 Å². The van der Waals surface area contributed by atoms with Crippen molar-refractivity contribution in [1.29, 1.82) is 0 Å². The highest BCUT2D eigenvalue weighted by Crippen LogP contribution is 2.39. The molecule has 0 spiro atoms. The number of nitro groups is 1. The number of hydrogen-bond donors (Lipinski definition) is 0. The van der Waals surface area contributed by atoms with Crippen molar-refractivity contribution in [2.45, 2.75) is 64.3 Å². The van der Waals surface area contributed by atoms with Crippen molar-refractivity contribution in [3.63, 3.8) is 0 Å². The topological polar surface area (TPSA) is 65.3 Å². The monoisotopic (exact) mass is 308 g/mol. The lowest BCUT2D eigenvalue weighted by Crippen LogP contribution is -2.45. The van der Waals surface area contributed by atoms with Crippen molar-refractivity contribution in [3.05, 3.63) is 33.6 Å². The van der Waals surface area contributed by atoms with Crippen molar-refractivity contribution in [2.75, 3.05) is 0 Å². The average Bonchev–Trinajstić information content (AvgIpc) is 2.36. The van der Waals surface area contributed by atoms with Crippen LogP contribution in [0.2, 0.25) is 18.1 Å². The molecule has 21 heavy (non-hydrogen) atoms. The molecule has 0 saturated carbocycles. The van der Waals surface area contributed by atoms with Crippen LogP contribution in [-0.2, 0) is 17.3 Å². The Bertz CT molecular complexity index is 552. The number of hydrogen-bond acceptors (Lipinski definition) is 4. The van der Waals surface area contributed by atoms with Crippen molar-refractivity contribution in [1.82, 2.24) is 4.98 Å². The van der Waals surface area contributed by atoms with Crippen LogP contribution < -0.4 is 0 Å². The predicted molar refractivity (Wildman–Crippen MR) is 85.0 cm³/mol. The second kappa shape index (κ2) is 5.49. The molecule has 116 valence electrons. The first-order valence-electron chi connectivity index (χ1n) is 7.40. The van der Waals surface area contributed by atoms with Gasteiger partial charge in [0.25, 0.3) is 5.69 Å². The third-order valence-electron chi connectivity index (χ3n) is 4.67. The largest absolute Gasteiger partial charge is 0.414 e. The van der Waals surface area contributed by atoms with Gasteiger partial charge >= 0.3 is 0 Å². The Morgan fingerprint density at radius 3 is 2.67 bits per heavy atom. The van der Waals surface area contributed by atoms with Gasteiger partial charge in [0.15, 0.2) is 8.32 Å². The lowest BCUT2D eigenvalue weighted by Gasteiger charge is -2.40. The fourth-order valence-electron chi connectivity index (χ4n) is 2.37. The van der Waals surface area contributed by atoms with Crippen LogP contribution >= 0.6 is 0 Å². The highest BCUT2D eigenvalue weighted by atomic mass is 28.4. The summed E-state index contributed by atoms with van der Waals surface area (Å²) < 4.78 is 6.44. The molecule has 2 rings (SSSR count). The zero-order valence-electron chi connectivity index (χ0n) is 13.5. The number of fused-ring (bicyclic) bond motifs is 1. The third kappa shape index (κ3) is 3.49. The Morgan fingerprint density at radius 1 is 1.43 bits per heavy atom. The minimum atomic E-state index is -1.80. The zero-order chi connectivity index (χ0) is 15.8. The SMILES string of the molecule is CC(C)(C)[Si](C)(C)OC1CCc2ncc([N+](=O)[O-])cc2C1. The van der Waals surface area contributed by atoms with Crippen molar-refractivity contribution < 1.29 is 9.35 Å². The van der Waals surface area contributed by atoms with Crippen LogP contribution in [0.3, 0.4) is 0 Å². The minimum Gasteiger partial charge on any atom is -0.414 e. The van der Waals surface area contributed by atoms with E-state index in [-0.39, 0.29) is 21.8 Å². The highest BCUT2D eigenvalue weighted by molar-refractivity contribution is 6.74. The second-order valence-electron chi connectivity index (χ2n) is 7.30. The zero-order valence-corrected chi connectivity index (χ0v) is 14.5. The Balaban J connectivity index is 2.15. The van der Waals surface area contributed by atoms with Gasteiger partial charge in [-0.15, -0.1) is 0 Å². The molecular formula is C15H24N2O3Si. The summed E-state index contributed by atoms with van der Waals surface area (Å²) in [4.78, 5) is 14.7. The molecule has 0 aliphatic heterocycles. The summed E-state index contributed by atoms with van der Waals surface area (Å²) in [6, 6.07) is 1.66. The van der Waals surface area contributed by atoms with Crippen LogP contribution in [0.1, 0.15) is 38.4 Å². The number of aryl methyl sites for hydroxylation is 1. The molecule has 0 bridgehead atoms. The predicted octanol–water partition coefficient (Wildman–Crippen LogP) is 3.87. The molecule has 0 saturated heterocycles. The smallest absolute Gasteiger partial charge is 0.287 e. The normalized spacial score (nSPS) is 19.2. The molecular weight excluding hydrogens is 284 g/mol. The fraction of sp³-hybridized carbons (Fsp3) is 0.667. The molecule has 1 aromatic rings. The molecule has 1 atom stereocenters. The molecule has 0 radical (unpaired) electrons. The summed E-state index contributed by atoms with van der Waals surface area (Å²) in [7, 11) is -1.80. The van der Waals surface area contributed by atoms with Crippen LogP contribution in [0.15, 0.2) is 12.3 Å². The van der Waals surface area contributed by atoms with Crippen LogP contribution in [0.25, 0.3) is 0 Å². The lowest BCUT2D eigenvalue weighted by molar-refractivity contribution is -0.385. The van der Waals surface area contributed by atoms with Crippen LogP contribution in [0.4, 0.5) is 5.69 Å². The first-order valence-corrected chi connectivity index (χ1v) is 10.3. The maximum absolute atomic E-state index is 10.9. The first-order chi connectivity index (χ1) is 9.60. The summed E-state index contributed by atoms with van der Waals surface area (Å²) in [5.74, 6) is 0. The van der Waals surface area contributed by atoms with Gasteiger partial charge < -0.3 is 4.43 Å². The van der Waals surface area contributed by atoms with E-state index in [9.17, 15) is 10.1 Å². The van der Waals surface area contributed by atoms with Crippen molar-refractivity contribution in [3.8, 4) is 0 Å². The molecule has 0 N–H and O–H groups in total. The average molecular weight is 308 g/mol. The van der Waals surface area contributed by atoms with Crippen LogP contribution in [0.5, 0.6) is 0 Å². The Kier molecular flexibility index (Phi) is 4.21. The molecule has 0 fully saturated rings. The maximum atomic E-state index is 10.9. The summed E-state index contributed by atoms with van der Waals surface area (Å²) in [6.45, 7) is 11.2. The van der Waals surface area contributed by atoms with E-state index in [0.29, 0.717) is 0 Å². The second-order valence-corrected chi connectivity index (χ2v) is 12.1. The van der Waals surface area contributed by atoms with Gasteiger partial charge in [-0.25, -0.2) is 0 Å². The van der Waals surface area contributed by atoms with Gasteiger partial charge in [0, 0.05) is 17.9 Å². The Hall–Kier alpha value is -1.27. The van der Waals surface area contributed by atoms with E-state index in [4.69, 9.17) is 4.43 Å². The number of rotatable bonds is 3. The standard InChI is InChI=1S/C15H24N2O3Si/c1-15(2,3)21(4,5)20-13-6-7-14-11(9-13)8-12(10-16-14)17(18)19/h8,10,13H,6-7,9H2,1-5H3. The molecule has 1 aliphatic carbocycles. The van der Waals surface area contributed by atoms with Gasteiger partial charge in [-0.3, -0.25) is 15.1 Å². The van der Waals surface area contributed by atoms with E-state index in [1.54, 1.807) is 6.07 Å². The van der Waals surface area contributed by atoms with Gasteiger partial charge in [0.1, 0.15) is 6.20 Å². The Morgan fingerprint density at radius 2 is 2.10 bits per heavy atom. The molecule has 1 aliphatic rings. The lowest BCUT2D eigenvalue weighted by atomic mass is 9.94. The number of aromatic nitrogens is 1.